The Hall–Kier alpha value is -2.08. The van der Waals surface area contributed by atoms with Crippen molar-refractivity contribution in [2.45, 2.75) is 33.7 Å². The first kappa shape index (κ1) is 21.0. The highest BCUT2D eigenvalue weighted by atomic mass is 16.5. The van der Waals surface area contributed by atoms with Gasteiger partial charge in [0.2, 0.25) is 11.8 Å². The Balaban J connectivity index is 2.70. The molecule has 0 bridgehead atoms. The van der Waals surface area contributed by atoms with E-state index in [9.17, 15) is 9.59 Å². The summed E-state index contributed by atoms with van der Waals surface area (Å²) in [5.41, 5.74) is 1.04. The molecule has 0 aliphatic rings. The molecule has 0 spiro atoms. The van der Waals surface area contributed by atoms with E-state index in [1.165, 1.54) is 0 Å². The van der Waals surface area contributed by atoms with Gasteiger partial charge in [-0.1, -0.05) is 32.9 Å². The van der Waals surface area contributed by atoms with Crippen LogP contribution in [0.3, 0.4) is 0 Å². The van der Waals surface area contributed by atoms with E-state index in [1.807, 2.05) is 43.0 Å². The maximum absolute atomic E-state index is 12.5. The van der Waals surface area contributed by atoms with Gasteiger partial charge in [0.15, 0.2) is 0 Å². The van der Waals surface area contributed by atoms with Gasteiger partial charge in [-0.25, -0.2) is 0 Å². The van der Waals surface area contributed by atoms with Gasteiger partial charge in [0.1, 0.15) is 5.75 Å². The zero-order valence-electron chi connectivity index (χ0n) is 16.0. The zero-order chi connectivity index (χ0) is 18.8. The Bertz CT molecular complexity index is 543. The summed E-state index contributed by atoms with van der Waals surface area (Å²) in [5.74, 6) is 0.890. The minimum Gasteiger partial charge on any atom is -0.497 e. The van der Waals surface area contributed by atoms with Crippen molar-refractivity contribution < 1.29 is 14.3 Å². The first-order valence-corrected chi connectivity index (χ1v) is 8.83. The van der Waals surface area contributed by atoms with Crippen molar-refractivity contribution in [3.8, 4) is 5.75 Å². The molecular weight excluding hydrogens is 318 g/mol. The van der Waals surface area contributed by atoms with Gasteiger partial charge in [0, 0.05) is 6.54 Å². The number of carbonyl (C=O) groups is 2. The van der Waals surface area contributed by atoms with Crippen molar-refractivity contribution in [3.63, 3.8) is 0 Å². The van der Waals surface area contributed by atoms with E-state index in [4.69, 9.17) is 4.74 Å². The monoisotopic (exact) mass is 349 g/mol. The third-order valence-corrected chi connectivity index (χ3v) is 4.01. The standard InChI is InChI=1S/C19H31N3O3/c1-6-20-17(23)12-22(7-2)13-18(24)21-19(14(3)4)15-8-10-16(25-5)11-9-15/h8-11,14,19H,6-7,12-13H2,1-5H3,(H,20,23)(H,21,24). The number of rotatable bonds is 10. The summed E-state index contributed by atoms with van der Waals surface area (Å²) in [4.78, 5) is 26.0. The molecule has 0 radical (unpaired) electrons. The van der Waals surface area contributed by atoms with Gasteiger partial charge in [-0.3, -0.25) is 14.5 Å². The molecule has 1 unspecified atom stereocenters. The van der Waals surface area contributed by atoms with Crippen LogP contribution in [0.15, 0.2) is 24.3 Å². The highest BCUT2D eigenvalue weighted by molar-refractivity contribution is 5.81. The molecule has 0 heterocycles. The number of nitrogens with zero attached hydrogens (tertiary/aromatic N) is 1. The summed E-state index contributed by atoms with van der Waals surface area (Å²) in [6.45, 7) is 9.62. The Kier molecular flexibility index (Phi) is 8.99. The van der Waals surface area contributed by atoms with Crippen LogP contribution >= 0.6 is 0 Å². The van der Waals surface area contributed by atoms with Crippen molar-refractivity contribution in [1.29, 1.82) is 0 Å². The lowest BCUT2D eigenvalue weighted by atomic mass is 9.96. The van der Waals surface area contributed by atoms with Crippen molar-refractivity contribution in [2.75, 3.05) is 33.3 Å². The second-order valence-electron chi connectivity index (χ2n) is 6.32. The van der Waals surface area contributed by atoms with Crippen molar-refractivity contribution >= 4 is 11.8 Å². The van der Waals surface area contributed by atoms with Gasteiger partial charge in [-0.05, 0) is 37.1 Å². The van der Waals surface area contributed by atoms with E-state index >= 15 is 0 Å². The molecule has 0 aliphatic carbocycles. The quantitative estimate of drug-likeness (QED) is 0.677. The summed E-state index contributed by atoms with van der Waals surface area (Å²) >= 11 is 0. The molecule has 25 heavy (non-hydrogen) atoms. The number of hydrogen-bond acceptors (Lipinski definition) is 4. The molecule has 140 valence electrons. The van der Waals surface area contributed by atoms with Crippen LogP contribution in [0.2, 0.25) is 0 Å². The largest absolute Gasteiger partial charge is 0.497 e. The molecule has 1 aromatic carbocycles. The zero-order valence-corrected chi connectivity index (χ0v) is 16.0. The average Bonchev–Trinajstić information content (AvgIpc) is 2.59. The molecule has 6 heteroatoms. The number of methoxy groups -OCH3 is 1. The van der Waals surface area contributed by atoms with Crippen LogP contribution < -0.4 is 15.4 Å². The predicted octanol–water partition coefficient (Wildman–Crippen LogP) is 1.97. The fourth-order valence-corrected chi connectivity index (χ4v) is 2.60. The fourth-order valence-electron chi connectivity index (χ4n) is 2.60. The van der Waals surface area contributed by atoms with E-state index in [-0.39, 0.29) is 36.9 Å². The van der Waals surface area contributed by atoms with Crippen LogP contribution in [0, 0.1) is 5.92 Å². The van der Waals surface area contributed by atoms with Crippen LogP contribution in [-0.4, -0.2) is 50.0 Å². The molecule has 6 nitrogen and oxygen atoms in total. The first-order chi connectivity index (χ1) is 11.9. The highest BCUT2D eigenvalue weighted by Gasteiger charge is 2.20. The minimum atomic E-state index is -0.0827. The van der Waals surface area contributed by atoms with Crippen LogP contribution in [-0.2, 0) is 9.59 Å². The SMILES string of the molecule is CCNC(=O)CN(CC)CC(=O)NC(c1ccc(OC)cc1)C(C)C. The molecule has 1 rings (SSSR count). The smallest absolute Gasteiger partial charge is 0.234 e. The second kappa shape index (κ2) is 10.7. The van der Waals surface area contributed by atoms with Gasteiger partial charge in [0.05, 0.1) is 26.2 Å². The summed E-state index contributed by atoms with van der Waals surface area (Å²) in [5, 5.41) is 5.84. The Morgan fingerprint density at radius 2 is 1.68 bits per heavy atom. The van der Waals surface area contributed by atoms with E-state index in [2.05, 4.69) is 24.5 Å². The van der Waals surface area contributed by atoms with E-state index < -0.39 is 0 Å². The van der Waals surface area contributed by atoms with Gasteiger partial charge in [0.25, 0.3) is 0 Å². The average molecular weight is 349 g/mol. The van der Waals surface area contributed by atoms with Crippen molar-refractivity contribution in [2.24, 2.45) is 5.92 Å². The van der Waals surface area contributed by atoms with Crippen LogP contribution in [0.4, 0.5) is 0 Å². The third kappa shape index (κ3) is 7.13. The van der Waals surface area contributed by atoms with Gasteiger partial charge >= 0.3 is 0 Å². The van der Waals surface area contributed by atoms with Gasteiger partial charge in [-0.2, -0.15) is 0 Å². The predicted molar refractivity (Wildman–Crippen MR) is 99.5 cm³/mol. The normalized spacial score (nSPS) is 12.1. The van der Waals surface area contributed by atoms with Gasteiger partial charge in [-0.15, -0.1) is 0 Å². The molecule has 0 aliphatic heterocycles. The second-order valence-corrected chi connectivity index (χ2v) is 6.32. The van der Waals surface area contributed by atoms with Crippen molar-refractivity contribution in [1.82, 2.24) is 15.5 Å². The molecule has 2 N–H and O–H groups in total. The number of hydrogen-bond donors (Lipinski definition) is 2. The molecule has 0 aromatic heterocycles. The number of nitrogens with one attached hydrogen (secondary N) is 2. The Morgan fingerprint density at radius 3 is 2.16 bits per heavy atom. The van der Waals surface area contributed by atoms with E-state index in [0.717, 1.165) is 11.3 Å². The van der Waals surface area contributed by atoms with Crippen molar-refractivity contribution in [3.05, 3.63) is 29.8 Å². The summed E-state index contributed by atoms with van der Waals surface area (Å²) < 4.78 is 5.18. The molecule has 0 saturated heterocycles. The third-order valence-electron chi connectivity index (χ3n) is 4.01. The lowest BCUT2D eigenvalue weighted by Gasteiger charge is -2.25. The van der Waals surface area contributed by atoms with Crippen LogP contribution in [0.1, 0.15) is 39.3 Å². The molecule has 1 aromatic rings. The molecule has 0 saturated carbocycles. The number of carbonyl (C=O) groups excluding carboxylic acids is 2. The molecule has 1 atom stereocenters. The number of benzene rings is 1. The first-order valence-electron chi connectivity index (χ1n) is 8.83. The minimum absolute atomic E-state index is 0.0623. The van der Waals surface area contributed by atoms with Crippen LogP contribution in [0.5, 0.6) is 5.75 Å². The highest BCUT2D eigenvalue weighted by Crippen LogP contribution is 2.23. The fraction of sp³-hybridized carbons (Fsp3) is 0.579. The number of ether oxygens (including phenoxy) is 1. The summed E-state index contributed by atoms with van der Waals surface area (Å²) in [6, 6.07) is 7.64. The molecule has 2 amide bonds. The maximum atomic E-state index is 12.5. The maximum Gasteiger partial charge on any atom is 0.234 e. The van der Waals surface area contributed by atoms with E-state index in [1.54, 1.807) is 7.11 Å². The number of likely N-dealkylation sites (N-methyl/N-ethyl adjacent to an activating group) is 2. The molecular formula is C19H31N3O3. The van der Waals surface area contributed by atoms with E-state index in [0.29, 0.717) is 13.1 Å². The Morgan fingerprint density at radius 1 is 1.08 bits per heavy atom. The summed E-state index contributed by atoms with van der Waals surface area (Å²) in [7, 11) is 1.63. The summed E-state index contributed by atoms with van der Waals surface area (Å²) in [6.07, 6.45) is 0. The van der Waals surface area contributed by atoms with Crippen LogP contribution in [0.25, 0.3) is 0 Å². The van der Waals surface area contributed by atoms with Gasteiger partial charge < -0.3 is 15.4 Å². The topological polar surface area (TPSA) is 70.7 Å². The lowest BCUT2D eigenvalue weighted by molar-refractivity contribution is -0.125. The molecule has 0 fully saturated rings. The lowest BCUT2D eigenvalue weighted by Crippen LogP contribution is -2.44. The Labute approximate surface area is 150 Å². The number of amides is 2.